The number of carbonyl (C=O) groups is 1. The Morgan fingerprint density at radius 3 is 2.75 bits per heavy atom. The van der Waals surface area contributed by atoms with Gasteiger partial charge in [0, 0.05) is 28.2 Å². The van der Waals surface area contributed by atoms with Crippen LogP contribution >= 0.6 is 11.3 Å². The SMILES string of the molecule is CCN(Cc1cccs1)C(=O)c1cc(N)c(C)c(F)c1. The van der Waals surface area contributed by atoms with E-state index >= 15 is 0 Å². The molecular weight excluding hydrogens is 275 g/mol. The van der Waals surface area contributed by atoms with Crippen LogP contribution in [0, 0.1) is 12.7 Å². The first-order valence-electron chi connectivity index (χ1n) is 6.40. The number of carbonyl (C=O) groups excluding carboxylic acids is 1. The number of nitrogens with two attached hydrogens (primary N) is 1. The number of hydrogen-bond donors (Lipinski definition) is 1. The fourth-order valence-corrected chi connectivity index (χ4v) is 2.64. The molecule has 0 aliphatic heterocycles. The third-order valence-corrected chi connectivity index (χ3v) is 4.09. The molecular formula is C15H17FN2OS. The number of thiophene rings is 1. The van der Waals surface area contributed by atoms with Crippen molar-refractivity contribution in [2.75, 3.05) is 12.3 Å². The van der Waals surface area contributed by atoms with Crippen molar-refractivity contribution < 1.29 is 9.18 Å². The average molecular weight is 292 g/mol. The number of halogens is 1. The minimum Gasteiger partial charge on any atom is -0.398 e. The normalized spacial score (nSPS) is 10.6. The molecule has 1 amide bonds. The summed E-state index contributed by atoms with van der Waals surface area (Å²) in [7, 11) is 0. The van der Waals surface area contributed by atoms with Gasteiger partial charge in [-0.05, 0) is 37.4 Å². The van der Waals surface area contributed by atoms with Gasteiger partial charge in [-0.3, -0.25) is 4.79 Å². The molecule has 1 aromatic carbocycles. The van der Waals surface area contributed by atoms with Crippen LogP contribution in [0.4, 0.5) is 10.1 Å². The number of nitrogen functional groups attached to an aromatic ring is 1. The summed E-state index contributed by atoms with van der Waals surface area (Å²) in [5.74, 6) is -0.646. The van der Waals surface area contributed by atoms with Crippen LogP contribution in [-0.4, -0.2) is 17.4 Å². The Bertz CT molecular complexity index is 587. The van der Waals surface area contributed by atoms with Gasteiger partial charge in [0.15, 0.2) is 0 Å². The van der Waals surface area contributed by atoms with Gasteiger partial charge in [0.05, 0.1) is 6.54 Å². The Balaban J connectivity index is 2.24. The molecule has 3 nitrogen and oxygen atoms in total. The number of amides is 1. The van der Waals surface area contributed by atoms with Crippen molar-refractivity contribution in [1.29, 1.82) is 0 Å². The summed E-state index contributed by atoms with van der Waals surface area (Å²) < 4.78 is 13.7. The van der Waals surface area contributed by atoms with Gasteiger partial charge >= 0.3 is 0 Å². The predicted octanol–water partition coefficient (Wildman–Crippen LogP) is 3.44. The van der Waals surface area contributed by atoms with E-state index in [4.69, 9.17) is 5.73 Å². The first-order valence-corrected chi connectivity index (χ1v) is 7.28. The van der Waals surface area contributed by atoms with Crippen molar-refractivity contribution >= 4 is 22.9 Å². The van der Waals surface area contributed by atoms with E-state index in [2.05, 4.69) is 0 Å². The average Bonchev–Trinajstić information content (AvgIpc) is 2.93. The summed E-state index contributed by atoms with van der Waals surface area (Å²) in [4.78, 5) is 15.2. The molecule has 2 aromatic rings. The molecule has 2 rings (SSSR count). The van der Waals surface area contributed by atoms with Gasteiger partial charge in [0.25, 0.3) is 5.91 Å². The van der Waals surface area contributed by atoms with Gasteiger partial charge in [-0.1, -0.05) is 6.07 Å². The van der Waals surface area contributed by atoms with Gasteiger partial charge < -0.3 is 10.6 Å². The lowest BCUT2D eigenvalue weighted by atomic mass is 10.1. The van der Waals surface area contributed by atoms with Crippen LogP contribution in [0.1, 0.15) is 27.7 Å². The summed E-state index contributed by atoms with van der Waals surface area (Å²) in [6.45, 7) is 4.59. The van der Waals surface area contributed by atoms with Crippen molar-refractivity contribution in [1.82, 2.24) is 4.90 Å². The molecule has 0 saturated heterocycles. The van der Waals surface area contributed by atoms with Crippen molar-refractivity contribution in [3.63, 3.8) is 0 Å². The van der Waals surface area contributed by atoms with Gasteiger partial charge in [-0.2, -0.15) is 0 Å². The summed E-state index contributed by atoms with van der Waals surface area (Å²) >= 11 is 1.60. The van der Waals surface area contributed by atoms with E-state index in [1.54, 1.807) is 23.2 Å². The predicted molar refractivity (Wildman–Crippen MR) is 80.3 cm³/mol. The molecule has 106 valence electrons. The van der Waals surface area contributed by atoms with E-state index < -0.39 is 5.82 Å². The number of anilines is 1. The summed E-state index contributed by atoms with van der Waals surface area (Å²) in [5.41, 5.74) is 6.71. The van der Waals surface area contributed by atoms with E-state index in [-0.39, 0.29) is 5.91 Å². The van der Waals surface area contributed by atoms with Gasteiger partial charge in [0.2, 0.25) is 0 Å². The lowest BCUT2D eigenvalue weighted by Crippen LogP contribution is -2.30. The lowest BCUT2D eigenvalue weighted by molar-refractivity contribution is 0.0753. The van der Waals surface area contributed by atoms with Gasteiger partial charge in [-0.15, -0.1) is 11.3 Å². The highest BCUT2D eigenvalue weighted by Crippen LogP contribution is 2.20. The van der Waals surface area contributed by atoms with Crippen LogP contribution in [0.25, 0.3) is 0 Å². The standard InChI is InChI=1S/C15H17FN2OS/c1-3-18(9-12-5-4-6-20-12)15(19)11-7-13(16)10(2)14(17)8-11/h4-8H,3,9,17H2,1-2H3. The van der Waals surface area contributed by atoms with Crippen LogP contribution in [-0.2, 0) is 6.54 Å². The summed E-state index contributed by atoms with van der Waals surface area (Å²) in [5, 5.41) is 1.97. The molecule has 0 aliphatic rings. The number of rotatable bonds is 4. The maximum atomic E-state index is 13.7. The van der Waals surface area contributed by atoms with Crippen LogP contribution in [0.15, 0.2) is 29.6 Å². The number of benzene rings is 1. The Labute approximate surface area is 121 Å². The fourth-order valence-electron chi connectivity index (χ4n) is 1.92. The Morgan fingerprint density at radius 1 is 1.45 bits per heavy atom. The maximum absolute atomic E-state index is 13.7. The lowest BCUT2D eigenvalue weighted by Gasteiger charge is -2.20. The van der Waals surface area contributed by atoms with E-state index in [0.29, 0.717) is 29.9 Å². The van der Waals surface area contributed by atoms with Crippen LogP contribution in [0.5, 0.6) is 0 Å². The first-order chi connectivity index (χ1) is 9.52. The molecule has 1 heterocycles. The second-order valence-corrected chi connectivity index (χ2v) is 5.60. The van der Waals surface area contributed by atoms with Crippen molar-refractivity contribution in [2.24, 2.45) is 0 Å². The zero-order chi connectivity index (χ0) is 14.7. The van der Waals surface area contributed by atoms with E-state index in [0.717, 1.165) is 4.88 Å². The highest BCUT2D eigenvalue weighted by Gasteiger charge is 2.17. The summed E-state index contributed by atoms with van der Waals surface area (Å²) in [6.07, 6.45) is 0. The number of nitrogens with zero attached hydrogens (tertiary/aromatic N) is 1. The molecule has 0 spiro atoms. The molecule has 0 bridgehead atoms. The van der Waals surface area contributed by atoms with Gasteiger partial charge in [0.1, 0.15) is 5.82 Å². The molecule has 20 heavy (non-hydrogen) atoms. The fraction of sp³-hybridized carbons (Fsp3) is 0.267. The van der Waals surface area contributed by atoms with E-state index in [1.807, 2.05) is 24.4 Å². The summed E-state index contributed by atoms with van der Waals surface area (Å²) in [6, 6.07) is 6.72. The Kier molecular flexibility index (Phi) is 4.39. The van der Waals surface area contributed by atoms with Gasteiger partial charge in [-0.25, -0.2) is 4.39 Å². The highest BCUT2D eigenvalue weighted by atomic mass is 32.1. The van der Waals surface area contributed by atoms with Crippen LogP contribution in [0.3, 0.4) is 0 Å². The molecule has 2 N–H and O–H groups in total. The van der Waals surface area contributed by atoms with Crippen LogP contribution < -0.4 is 5.73 Å². The quantitative estimate of drug-likeness (QED) is 0.877. The van der Waals surface area contributed by atoms with Crippen molar-refractivity contribution in [3.05, 3.63) is 51.5 Å². The van der Waals surface area contributed by atoms with Crippen LogP contribution in [0.2, 0.25) is 0 Å². The van der Waals surface area contributed by atoms with Crippen molar-refractivity contribution in [2.45, 2.75) is 20.4 Å². The topological polar surface area (TPSA) is 46.3 Å². The second-order valence-electron chi connectivity index (χ2n) is 4.57. The monoisotopic (exact) mass is 292 g/mol. The molecule has 0 saturated carbocycles. The molecule has 0 radical (unpaired) electrons. The Hall–Kier alpha value is -1.88. The smallest absolute Gasteiger partial charge is 0.254 e. The molecule has 0 unspecified atom stereocenters. The minimum atomic E-state index is -0.444. The van der Waals surface area contributed by atoms with Crippen molar-refractivity contribution in [3.8, 4) is 0 Å². The van der Waals surface area contributed by atoms with E-state index in [9.17, 15) is 9.18 Å². The second kappa shape index (κ2) is 6.05. The third kappa shape index (κ3) is 2.99. The highest BCUT2D eigenvalue weighted by molar-refractivity contribution is 7.09. The largest absolute Gasteiger partial charge is 0.398 e. The first kappa shape index (κ1) is 14.5. The van der Waals surface area contributed by atoms with E-state index in [1.165, 1.54) is 12.1 Å². The molecule has 0 aliphatic carbocycles. The zero-order valence-corrected chi connectivity index (χ0v) is 12.3. The third-order valence-electron chi connectivity index (χ3n) is 3.23. The number of hydrogen-bond acceptors (Lipinski definition) is 3. The molecule has 5 heteroatoms. The Morgan fingerprint density at radius 2 is 2.20 bits per heavy atom. The molecule has 0 fully saturated rings. The zero-order valence-electron chi connectivity index (χ0n) is 11.5. The molecule has 1 aromatic heterocycles. The minimum absolute atomic E-state index is 0.202. The maximum Gasteiger partial charge on any atom is 0.254 e. The molecule has 0 atom stereocenters.